The van der Waals surface area contributed by atoms with Crippen LogP contribution < -0.4 is 10.2 Å². The van der Waals surface area contributed by atoms with Gasteiger partial charge in [0.2, 0.25) is 5.91 Å². The number of benzene rings is 1. The Labute approximate surface area is 90.1 Å². The van der Waals surface area contributed by atoms with Crippen LogP contribution in [0.1, 0.15) is 24.9 Å². The average Bonchev–Trinajstić information content (AvgIpc) is 2.51. The number of likely N-dealkylation sites (N-methyl/N-ethyl adjacent to an activating group) is 1. The minimum atomic E-state index is -0.147. The third-order valence-electron chi connectivity index (χ3n) is 2.79. The molecule has 0 spiro atoms. The van der Waals surface area contributed by atoms with Crippen molar-refractivity contribution in [3.63, 3.8) is 0 Å². The maximum Gasteiger partial charge on any atom is 0.248 e. The highest BCUT2D eigenvalue weighted by atomic mass is 16.2. The first-order valence-electron chi connectivity index (χ1n) is 5.35. The predicted molar refractivity (Wildman–Crippen MR) is 60.9 cm³/mol. The van der Waals surface area contributed by atoms with Gasteiger partial charge in [-0.3, -0.25) is 4.79 Å². The first-order chi connectivity index (χ1) is 7.25. The van der Waals surface area contributed by atoms with Crippen LogP contribution in [-0.2, 0) is 4.79 Å². The third kappa shape index (κ3) is 1.63. The van der Waals surface area contributed by atoms with Crippen molar-refractivity contribution in [1.82, 2.24) is 5.32 Å². The summed E-state index contributed by atoms with van der Waals surface area (Å²) in [5.41, 5.74) is 2.12. The maximum absolute atomic E-state index is 11.9. The Bertz CT molecular complexity index is 376. The fourth-order valence-electron chi connectivity index (χ4n) is 1.97. The van der Waals surface area contributed by atoms with Crippen LogP contribution in [0.5, 0.6) is 0 Å². The van der Waals surface area contributed by atoms with Crippen molar-refractivity contribution in [1.29, 1.82) is 0 Å². The van der Waals surface area contributed by atoms with Crippen LogP contribution in [0.15, 0.2) is 24.3 Å². The topological polar surface area (TPSA) is 32.3 Å². The summed E-state index contributed by atoms with van der Waals surface area (Å²) in [6.45, 7) is 2.97. The van der Waals surface area contributed by atoms with E-state index >= 15 is 0 Å². The van der Waals surface area contributed by atoms with E-state index in [0.717, 1.165) is 24.2 Å². The summed E-state index contributed by atoms with van der Waals surface area (Å²) in [6.07, 6.45) is 1.04. The summed E-state index contributed by atoms with van der Waals surface area (Å²) < 4.78 is 0. The molecule has 1 aliphatic rings. The number of nitrogens with one attached hydrogen (secondary N) is 1. The summed E-state index contributed by atoms with van der Waals surface area (Å²) in [5.74, 6) is 0.143. The maximum atomic E-state index is 11.9. The molecule has 15 heavy (non-hydrogen) atoms. The van der Waals surface area contributed by atoms with Gasteiger partial charge >= 0.3 is 0 Å². The number of fused-ring (bicyclic) bond motifs is 1. The number of hydrogen-bond donors (Lipinski definition) is 1. The van der Waals surface area contributed by atoms with E-state index in [1.807, 2.05) is 31.3 Å². The van der Waals surface area contributed by atoms with Crippen molar-refractivity contribution in [3.8, 4) is 0 Å². The highest BCUT2D eigenvalue weighted by Crippen LogP contribution is 2.34. The molecule has 0 saturated heterocycles. The number of anilines is 1. The van der Waals surface area contributed by atoms with Crippen molar-refractivity contribution in [2.24, 2.45) is 0 Å². The van der Waals surface area contributed by atoms with Crippen LogP contribution in [0.4, 0.5) is 5.69 Å². The smallest absolute Gasteiger partial charge is 0.248 e. The molecule has 1 atom stereocenters. The van der Waals surface area contributed by atoms with Gasteiger partial charge in [-0.25, -0.2) is 0 Å². The summed E-state index contributed by atoms with van der Waals surface area (Å²) in [5, 5.41) is 3.28. The molecule has 1 unspecified atom stereocenters. The molecular formula is C12H16N2O. The van der Waals surface area contributed by atoms with Gasteiger partial charge in [0.15, 0.2) is 0 Å². The number of hydrogen-bond acceptors (Lipinski definition) is 2. The Morgan fingerprint density at radius 1 is 1.40 bits per heavy atom. The molecule has 80 valence electrons. The van der Waals surface area contributed by atoms with Crippen molar-refractivity contribution >= 4 is 11.6 Å². The van der Waals surface area contributed by atoms with Crippen molar-refractivity contribution in [2.45, 2.75) is 19.4 Å². The van der Waals surface area contributed by atoms with Crippen LogP contribution in [0, 0.1) is 0 Å². The molecule has 0 bridgehead atoms. The van der Waals surface area contributed by atoms with E-state index in [1.54, 1.807) is 4.90 Å². The molecule has 0 saturated carbocycles. The lowest BCUT2D eigenvalue weighted by molar-refractivity contribution is -0.119. The molecule has 0 aromatic heterocycles. The molecule has 1 aromatic rings. The number of amides is 1. The first-order valence-corrected chi connectivity index (χ1v) is 5.35. The first kappa shape index (κ1) is 10.2. The van der Waals surface area contributed by atoms with Gasteiger partial charge < -0.3 is 10.2 Å². The summed E-state index contributed by atoms with van der Waals surface area (Å²) in [6, 6.07) is 7.80. The van der Waals surface area contributed by atoms with Crippen molar-refractivity contribution in [3.05, 3.63) is 29.8 Å². The quantitative estimate of drug-likeness (QED) is 0.812. The molecule has 3 nitrogen and oxygen atoms in total. The van der Waals surface area contributed by atoms with Gasteiger partial charge in [0.1, 0.15) is 6.04 Å². The van der Waals surface area contributed by atoms with E-state index in [9.17, 15) is 4.79 Å². The number of nitrogens with zero attached hydrogens (tertiary/aromatic N) is 1. The zero-order chi connectivity index (χ0) is 10.8. The Hall–Kier alpha value is -1.35. The van der Waals surface area contributed by atoms with Crippen LogP contribution >= 0.6 is 0 Å². The lowest BCUT2D eigenvalue weighted by atomic mass is 10.1. The largest absolute Gasteiger partial charge is 0.313 e. The van der Waals surface area contributed by atoms with Crippen LogP contribution in [0.2, 0.25) is 0 Å². The fraction of sp³-hybridized carbons (Fsp3) is 0.417. The van der Waals surface area contributed by atoms with Crippen molar-refractivity contribution in [2.75, 3.05) is 18.5 Å². The molecule has 3 heteroatoms. The standard InChI is InChI=1S/C12H16N2O/c1-3-8-13-11-9-6-4-5-7-10(9)14(2)12(11)15/h4-7,11,13H,3,8H2,1-2H3. The lowest BCUT2D eigenvalue weighted by Gasteiger charge is -2.11. The van der Waals surface area contributed by atoms with Gasteiger partial charge in [0.25, 0.3) is 0 Å². The average molecular weight is 204 g/mol. The number of carbonyl (C=O) groups excluding carboxylic acids is 1. The zero-order valence-corrected chi connectivity index (χ0v) is 9.16. The molecular weight excluding hydrogens is 188 g/mol. The molecule has 0 fully saturated rings. The lowest BCUT2D eigenvalue weighted by Crippen LogP contribution is -2.32. The molecule has 0 aliphatic carbocycles. The minimum Gasteiger partial charge on any atom is -0.313 e. The Kier molecular flexibility index (Phi) is 2.73. The number of carbonyl (C=O) groups is 1. The van der Waals surface area contributed by atoms with E-state index in [0.29, 0.717) is 0 Å². The van der Waals surface area contributed by atoms with Gasteiger partial charge in [-0.1, -0.05) is 25.1 Å². The van der Waals surface area contributed by atoms with Crippen LogP contribution in [0.3, 0.4) is 0 Å². The number of para-hydroxylation sites is 1. The van der Waals surface area contributed by atoms with E-state index in [-0.39, 0.29) is 11.9 Å². The fourth-order valence-corrected chi connectivity index (χ4v) is 1.97. The number of rotatable bonds is 3. The highest BCUT2D eigenvalue weighted by Gasteiger charge is 2.33. The molecule has 1 N–H and O–H groups in total. The molecule has 1 aromatic carbocycles. The second-order valence-corrected chi connectivity index (χ2v) is 3.84. The monoisotopic (exact) mass is 204 g/mol. The summed E-state index contributed by atoms with van der Waals surface area (Å²) in [7, 11) is 1.83. The van der Waals surface area contributed by atoms with Gasteiger partial charge in [-0.2, -0.15) is 0 Å². The van der Waals surface area contributed by atoms with Gasteiger partial charge in [-0.05, 0) is 19.0 Å². The molecule has 1 amide bonds. The van der Waals surface area contributed by atoms with E-state index in [4.69, 9.17) is 0 Å². The van der Waals surface area contributed by atoms with Crippen LogP contribution in [-0.4, -0.2) is 19.5 Å². The predicted octanol–water partition coefficient (Wildman–Crippen LogP) is 1.70. The highest BCUT2D eigenvalue weighted by molar-refractivity contribution is 6.04. The Balaban J connectivity index is 2.30. The second-order valence-electron chi connectivity index (χ2n) is 3.84. The van der Waals surface area contributed by atoms with Crippen LogP contribution in [0.25, 0.3) is 0 Å². The minimum absolute atomic E-state index is 0.143. The second kappa shape index (κ2) is 4.03. The zero-order valence-electron chi connectivity index (χ0n) is 9.16. The molecule has 2 rings (SSSR count). The van der Waals surface area contributed by atoms with Gasteiger partial charge in [0.05, 0.1) is 0 Å². The Morgan fingerprint density at radius 2 is 2.13 bits per heavy atom. The Morgan fingerprint density at radius 3 is 2.87 bits per heavy atom. The van der Waals surface area contributed by atoms with E-state index < -0.39 is 0 Å². The normalized spacial score (nSPS) is 19.5. The molecule has 1 aliphatic heterocycles. The summed E-state index contributed by atoms with van der Waals surface area (Å²) in [4.78, 5) is 13.7. The third-order valence-corrected chi connectivity index (χ3v) is 2.79. The van der Waals surface area contributed by atoms with Gasteiger partial charge in [0, 0.05) is 18.3 Å². The van der Waals surface area contributed by atoms with E-state index in [2.05, 4.69) is 12.2 Å². The van der Waals surface area contributed by atoms with Crippen molar-refractivity contribution < 1.29 is 4.79 Å². The SMILES string of the molecule is CCCNC1C(=O)N(C)c2ccccc21. The molecule has 0 radical (unpaired) electrons. The van der Waals surface area contributed by atoms with Gasteiger partial charge in [-0.15, -0.1) is 0 Å². The van der Waals surface area contributed by atoms with E-state index in [1.165, 1.54) is 0 Å². The molecule has 1 heterocycles. The summed E-state index contributed by atoms with van der Waals surface area (Å²) >= 11 is 0.